The van der Waals surface area contributed by atoms with E-state index in [0.29, 0.717) is 27.3 Å². The highest BCUT2D eigenvalue weighted by Gasteiger charge is 2.57. The van der Waals surface area contributed by atoms with Gasteiger partial charge in [-0.15, -0.1) is 11.8 Å². The fourth-order valence-electron chi connectivity index (χ4n) is 3.08. The van der Waals surface area contributed by atoms with Crippen molar-refractivity contribution in [3.63, 3.8) is 0 Å². The van der Waals surface area contributed by atoms with E-state index in [4.69, 9.17) is 0 Å². The Morgan fingerprint density at radius 1 is 1.09 bits per heavy atom. The van der Waals surface area contributed by atoms with Gasteiger partial charge in [-0.25, -0.2) is 0 Å². The number of aromatic nitrogens is 3. The lowest BCUT2D eigenvalue weighted by molar-refractivity contribution is -0.286. The Balaban J connectivity index is 2.13. The molecule has 0 saturated carbocycles. The number of nitrogens with zero attached hydrogens (tertiary/aromatic N) is 4. The van der Waals surface area contributed by atoms with Gasteiger partial charge in [-0.1, -0.05) is 6.92 Å². The van der Waals surface area contributed by atoms with Gasteiger partial charge >= 0.3 is 12.1 Å². The third kappa shape index (κ3) is 4.85. The quantitative estimate of drug-likeness (QED) is 0.339. The molecule has 0 aliphatic rings. The first-order valence-electron chi connectivity index (χ1n) is 9.80. The van der Waals surface area contributed by atoms with E-state index in [0.717, 1.165) is 17.2 Å². The highest BCUT2D eigenvalue weighted by Crippen LogP contribution is 2.37. The molecule has 0 bridgehead atoms. The maximum Gasteiger partial charge on any atom is 0.455 e. The van der Waals surface area contributed by atoms with E-state index in [1.165, 1.54) is 23.9 Å². The molecule has 0 saturated heterocycles. The summed E-state index contributed by atoms with van der Waals surface area (Å²) in [7, 11) is 0. The second-order valence-corrected chi connectivity index (χ2v) is 9.13. The van der Waals surface area contributed by atoms with Crippen LogP contribution in [0, 0.1) is 11.3 Å². The number of halogens is 5. The second kappa shape index (κ2) is 8.74. The van der Waals surface area contributed by atoms with Crippen LogP contribution in [0.5, 0.6) is 0 Å². The van der Waals surface area contributed by atoms with Gasteiger partial charge in [0.15, 0.2) is 0 Å². The summed E-state index contributed by atoms with van der Waals surface area (Å²) >= 11 is 1.47. The van der Waals surface area contributed by atoms with Gasteiger partial charge in [-0.05, 0) is 43.4 Å². The first-order valence-corrected chi connectivity index (χ1v) is 10.8. The zero-order valence-corrected chi connectivity index (χ0v) is 18.7. The van der Waals surface area contributed by atoms with Crippen LogP contribution in [0.1, 0.15) is 26.3 Å². The van der Waals surface area contributed by atoms with E-state index < -0.39 is 29.6 Å². The molecular formula is C22H19F5N4OS. The highest BCUT2D eigenvalue weighted by molar-refractivity contribution is 7.99. The topological polar surface area (TPSA) is 71.6 Å². The smallest absolute Gasteiger partial charge is 0.300 e. The highest BCUT2D eigenvalue weighted by atomic mass is 32.2. The molecule has 174 valence electrons. The van der Waals surface area contributed by atoms with Crippen LogP contribution >= 0.6 is 11.8 Å². The van der Waals surface area contributed by atoms with Gasteiger partial charge in [-0.3, -0.25) is 14.8 Å². The molecule has 0 spiro atoms. The van der Waals surface area contributed by atoms with Gasteiger partial charge in [0.25, 0.3) is 5.56 Å². The van der Waals surface area contributed by atoms with E-state index in [1.54, 1.807) is 20.0 Å². The lowest BCUT2D eigenvalue weighted by Crippen LogP contribution is -2.42. The van der Waals surface area contributed by atoms with E-state index >= 15 is 0 Å². The summed E-state index contributed by atoms with van der Waals surface area (Å²) in [5.74, 6) is -4.38. The Labute approximate surface area is 190 Å². The van der Waals surface area contributed by atoms with Crippen LogP contribution in [0.2, 0.25) is 0 Å². The van der Waals surface area contributed by atoms with Crippen molar-refractivity contribution in [1.29, 1.82) is 5.26 Å². The van der Waals surface area contributed by atoms with E-state index in [9.17, 15) is 32.0 Å². The van der Waals surface area contributed by atoms with Crippen molar-refractivity contribution in [2.75, 3.05) is 5.75 Å². The van der Waals surface area contributed by atoms with Crippen LogP contribution in [-0.2, 0) is 12.0 Å². The number of hydrogen-bond acceptors (Lipinski definition) is 5. The Bertz CT molecular complexity index is 1290. The van der Waals surface area contributed by atoms with E-state index in [1.807, 2.05) is 13.0 Å². The predicted molar refractivity (Wildman–Crippen MR) is 115 cm³/mol. The Kier molecular flexibility index (Phi) is 6.53. The first kappa shape index (κ1) is 24.6. The summed E-state index contributed by atoms with van der Waals surface area (Å²) in [5, 5.41) is 9.66. The Hall–Kier alpha value is -3.00. The maximum absolute atomic E-state index is 13.6. The Morgan fingerprint density at radius 2 is 1.79 bits per heavy atom. The fourth-order valence-corrected chi connectivity index (χ4v) is 3.90. The normalized spacial score (nSPS) is 12.7. The summed E-state index contributed by atoms with van der Waals surface area (Å²) in [6, 6.07) is 7.80. The van der Waals surface area contributed by atoms with Crippen molar-refractivity contribution in [2.45, 2.75) is 49.7 Å². The molecule has 0 amide bonds. The molecule has 0 aromatic carbocycles. The molecule has 5 nitrogen and oxygen atoms in total. The molecular weight excluding hydrogens is 463 g/mol. The van der Waals surface area contributed by atoms with Crippen LogP contribution < -0.4 is 5.56 Å². The van der Waals surface area contributed by atoms with Gasteiger partial charge in [0.2, 0.25) is 0 Å². The molecule has 0 atom stereocenters. The van der Waals surface area contributed by atoms with Crippen molar-refractivity contribution in [1.82, 2.24) is 14.5 Å². The van der Waals surface area contributed by atoms with Gasteiger partial charge in [0.05, 0.1) is 35.4 Å². The average molecular weight is 482 g/mol. The molecule has 3 aromatic heterocycles. The first-order chi connectivity index (χ1) is 15.3. The number of rotatable bonds is 6. The van der Waals surface area contributed by atoms with Crippen LogP contribution in [0.4, 0.5) is 22.0 Å². The molecule has 0 aliphatic heterocycles. The molecule has 0 unspecified atom stereocenters. The molecule has 11 heteroatoms. The summed E-state index contributed by atoms with van der Waals surface area (Å²) < 4.78 is 65.7. The number of nitriles is 1. The van der Waals surface area contributed by atoms with Gasteiger partial charge in [-0.2, -0.15) is 27.2 Å². The standard InChI is InChI=1S/C22H19F5N4OS/c1-4-33-17-8-14(20(2,3)11-28)9-30-19(17)15-7-13-5-6-18(32)31(16(13)10-29-15)12-21(23,24)22(25,26)27/h5-10H,4,12H2,1-3H3. The minimum Gasteiger partial charge on any atom is -0.300 e. The molecule has 33 heavy (non-hydrogen) atoms. The van der Waals surface area contributed by atoms with E-state index in [-0.39, 0.29) is 10.9 Å². The van der Waals surface area contributed by atoms with Crippen LogP contribution in [0.3, 0.4) is 0 Å². The lowest BCUT2D eigenvalue weighted by Gasteiger charge is -2.21. The molecule has 0 radical (unpaired) electrons. The van der Waals surface area contributed by atoms with Crippen molar-refractivity contribution in [2.24, 2.45) is 0 Å². The van der Waals surface area contributed by atoms with Crippen LogP contribution in [0.25, 0.3) is 22.3 Å². The van der Waals surface area contributed by atoms with Crippen LogP contribution in [0.15, 0.2) is 46.3 Å². The molecule has 0 N–H and O–H groups in total. The van der Waals surface area contributed by atoms with Gasteiger partial charge in [0, 0.05) is 22.5 Å². The van der Waals surface area contributed by atoms with E-state index in [2.05, 4.69) is 16.0 Å². The minimum absolute atomic E-state index is 0.151. The SMILES string of the molecule is CCSc1cc(C(C)(C)C#N)cnc1-c1cc2ccc(=O)n(CC(F)(F)C(F)(F)F)c2cn1. The van der Waals surface area contributed by atoms with Crippen LogP contribution in [-0.4, -0.2) is 32.4 Å². The zero-order valence-electron chi connectivity index (χ0n) is 17.9. The molecule has 3 heterocycles. The van der Waals surface area contributed by atoms with Crippen molar-refractivity contribution in [3.8, 4) is 17.5 Å². The number of thioether (sulfide) groups is 1. The summed E-state index contributed by atoms with van der Waals surface area (Å²) in [6.45, 7) is 3.60. The van der Waals surface area contributed by atoms with Crippen molar-refractivity contribution < 1.29 is 22.0 Å². The number of pyridine rings is 3. The average Bonchev–Trinajstić information content (AvgIpc) is 2.74. The summed E-state index contributed by atoms with van der Waals surface area (Å²) in [5.41, 5.74) is -0.391. The number of alkyl halides is 5. The zero-order chi connectivity index (χ0) is 24.6. The monoisotopic (exact) mass is 482 g/mol. The molecule has 3 rings (SSSR count). The molecule has 0 aliphatic carbocycles. The predicted octanol–water partition coefficient (Wildman–Crippen LogP) is 5.57. The largest absolute Gasteiger partial charge is 0.455 e. The number of hydrogen-bond donors (Lipinski definition) is 0. The van der Waals surface area contributed by atoms with Gasteiger partial charge in [0.1, 0.15) is 5.69 Å². The molecule has 0 fully saturated rings. The summed E-state index contributed by atoms with van der Waals surface area (Å²) in [6.07, 6.45) is -3.15. The summed E-state index contributed by atoms with van der Waals surface area (Å²) in [4.78, 5) is 21.5. The maximum atomic E-state index is 13.6. The fraction of sp³-hybridized carbons (Fsp3) is 0.364. The Morgan fingerprint density at radius 3 is 2.39 bits per heavy atom. The van der Waals surface area contributed by atoms with Gasteiger partial charge < -0.3 is 4.57 Å². The van der Waals surface area contributed by atoms with Crippen molar-refractivity contribution >= 4 is 22.7 Å². The minimum atomic E-state index is -5.79. The molecule has 3 aromatic rings. The third-order valence-corrected chi connectivity index (χ3v) is 5.95. The van der Waals surface area contributed by atoms with Crippen molar-refractivity contribution in [3.05, 3.63) is 52.6 Å². The second-order valence-electron chi connectivity index (χ2n) is 7.83. The third-order valence-electron chi connectivity index (χ3n) is 5.04. The lowest BCUT2D eigenvalue weighted by atomic mass is 9.87. The number of fused-ring (bicyclic) bond motifs is 1.